The van der Waals surface area contributed by atoms with Gasteiger partial charge in [-0.05, 0) is 12.5 Å². The molecular formula is C7H12N4OS. The quantitative estimate of drug-likeness (QED) is 0.740. The van der Waals surface area contributed by atoms with E-state index in [-0.39, 0.29) is 11.8 Å². The number of hydrogen-bond acceptors (Lipinski definition) is 5. The van der Waals surface area contributed by atoms with Crippen LogP contribution < -0.4 is 11.1 Å². The molecule has 72 valence electrons. The molecule has 0 aliphatic rings. The Balaban J connectivity index is 2.34. The molecule has 5 nitrogen and oxygen atoms in total. The van der Waals surface area contributed by atoms with Gasteiger partial charge in [0, 0.05) is 18.0 Å². The van der Waals surface area contributed by atoms with Crippen LogP contribution in [0, 0.1) is 5.92 Å². The molecule has 1 aromatic heterocycles. The minimum atomic E-state index is -0.0380. The summed E-state index contributed by atoms with van der Waals surface area (Å²) in [7, 11) is 0. The lowest BCUT2D eigenvalue weighted by atomic mass is 10.1. The summed E-state index contributed by atoms with van der Waals surface area (Å²) >= 11 is 1.16. The van der Waals surface area contributed by atoms with Gasteiger partial charge in [-0.1, -0.05) is 11.4 Å². The first-order valence-corrected chi connectivity index (χ1v) is 4.77. The number of nitrogens with zero attached hydrogens (tertiary/aromatic N) is 2. The first-order chi connectivity index (χ1) is 6.22. The molecule has 0 saturated carbocycles. The Morgan fingerprint density at radius 2 is 2.62 bits per heavy atom. The minimum absolute atomic E-state index is 0.0380. The number of carbonyl (C=O) groups is 1. The van der Waals surface area contributed by atoms with Crippen LogP contribution in [0.1, 0.15) is 13.3 Å². The zero-order valence-corrected chi connectivity index (χ0v) is 8.17. The predicted octanol–water partition coefficient (Wildman–Crippen LogP) is 0.461. The average Bonchev–Trinajstić information content (AvgIpc) is 2.56. The summed E-state index contributed by atoms with van der Waals surface area (Å²) in [5.74, 6) is 0.171. The van der Waals surface area contributed by atoms with E-state index >= 15 is 0 Å². The predicted molar refractivity (Wildman–Crippen MR) is 51.4 cm³/mol. The van der Waals surface area contributed by atoms with Crippen LogP contribution in [0.3, 0.4) is 0 Å². The fourth-order valence-electron chi connectivity index (χ4n) is 0.810. The highest BCUT2D eigenvalue weighted by Crippen LogP contribution is 2.10. The number of rotatable bonds is 4. The van der Waals surface area contributed by atoms with Gasteiger partial charge in [-0.3, -0.25) is 4.79 Å². The number of nitrogens with one attached hydrogen (secondary N) is 1. The normalized spacial score (nSPS) is 12.5. The molecule has 6 heteroatoms. The second kappa shape index (κ2) is 4.88. The maximum Gasteiger partial charge on any atom is 0.225 e. The van der Waals surface area contributed by atoms with Crippen molar-refractivity contribution in [2.24, 2.45) is 11.7 Å². The smallest absolute Gasteiger partial charge is 0.225 e. The highest BCUT2D eigenvalue weighted by atomic mass is 32.1. The Kier molecular flexibility index (Phi) is 3.78. The van der Waals surface area contributed by atoms with Gasteiger partial charge in [-0.15, -0.1) is 5.10 Å². The van der Waals surface area contributed by atoms with Gasteiger partial charge in [-0.2, -0.15) is 0 Å². The summed E-state index contributed by atoms with van der Waals surface area (Å²) < 4.78 is 3.63. The van der Waals surface area contributed by atoms with Crippen molar-refractivity contribution in [3.63, 3.8) is 0 Å². The monoisotopic (exact) mass is 200 g/mol. The van der Waals surface area contributed by atoms with Crippen LogP contribution in [-0.2, 0) is 4.79 Å². The van der Waals surface area contributed by atoms with Crippen LogP contribution in [0.4, 0.5) is 5.00 Å². The molecule has 0 radical (unpaired) electrons. The molecule has 0 aromatic carbocycles. The Bertz CT molecular complexity index is 261. The number of anilines is 1. The van der Waals surface area contributed by atoms with E-state index in [1.54, 1.807) is 0 Å². The zero-order chi connectivity index (χ0) is 9.68. The molecular weight excluding hydrogens is 188 g/mol. The molecule has 0 fully saturated rings. The van der Waals surface area contributed by atoms with E-state index < -0.39 is 0 Å². The molecule has 1 rings (SSSR count). The molecule has 3 N–H and O–H groups in total. The third kappa shape index (κ3) is 3.47. The fraction of sp³-hybridized carbons (Fsp3) is 0.571. The van der Waals surface area contributed by atoms with Crippen molar-refractivity contribution < 1.29 is 4.79 Å². The molecule has 13 heavy (non-hydrogen) atoms. The van der Waals surface area contributed by atoms with Crippen molar-refractivity contribution in [3.05, 3.63) is 6.20 Å². The average molecular weight is 200 g/mol. The largest absolute Gasteiger partial charge is 0.330 e. The van der Waals surface area contributed by atoms with Crippen molar-refractivity contribution in [2.45, 2.75) is 13.3 Å². The second-order valence-corrected chi connectivity index (χ2v) is 3.66. The van der Waals surface area contributed by atoms with E-state index in [0.29, 0.717) is 18.0 Å². The summed E-state index contributed by atoms with van der Waals surface area (Å²) in [6, 6.07) is 0. The summed E-state index contributed by atoms with van der Waals surface area (Å²) in [5, 5.41) is 6.97. The maximum atomic E-state index is 11.3. The van der Waals surface area contributed by atoms with Crippen molar-refractivity contribution in [3.8, 4) is 0 Å². The van der Waals surface area contributed by atoms with Crippen molar-refractivity contribution in [1.29, 1.82) is 0 Å². The van der Waals surface area contributed by atoms with Crippen LogP contribution >= 0.6 is 11.5 Å². The molecule has 1 aromatic rings. The molecule has 0 aliphatic heterocycles. The summed E-state index contributed by atoms with van der Waals surface area (Å²) in [4.78, 5) is 11.3. The molecule has 0 saturated heterocycles. The van der Waals surface area contributed by atoms with E-state index in [9.17, 15) is 4.79 Å². The van der Waals surface area contributed by atoms with Gasteiger partial charge in [0.05, 0.1) is 6.20 Å². The minimum Gasteiger partial charge on any atom is -0.330 e. The Labute approximate surface area is 80.5 Å². The van der Waals surface area contributed by atoms with E-state index in [4.69, 9.17) is 5.73 Å². The SMILES string of the molecule is CC(CN)CC(=O)Nc1cnns1. The zero-order valence-electron chi connectivity index (χ0n) is 7.36. The summed E-state index contributed by atoms with van der Waals surface area (Å²) in [6.07, 6.45) is 1.96. The molecule has 1 atom stereocenters. The van der Waals surface area contributed by atoms with Gasteiger partial charge in [0.25, 0.3) is 0 Å². The molecule has 1 unspecified atom stereocenters. The Morgan fingerprint density at radius 3 is 3.15 bits per heavy atom. The van der Waals surface area contributed by atoms with Crippen LogP contribution in [0.15, 0.2) is 6.20 Å². The van der Waals surface area contributed by atoms with Gasteiger partial charge in [-0.25, -0.2) is 0 Å². The van der Waals surface area contributed by atoms with E-state index in [0.717, 1.165) is 11.5 Å². The van der Waals surface area contributed by atoms with E-state index in [1.807, 2.05) is 6.92 Å². The lowest BCUT2D eigenvalue weighted by Gasteiger charge is -2.06. The van der Waals surface area contributed by atoms with Gasteiger partial charge in [0.15, 0.2) is 0 Å². The van der Waals surface area contributed by atoms with Crippen LogP contribution in [0.2, 0.25) is 0 Å². The van der Waals surface area contributed by atoms with Crippen LogP contribution in [-0.4, -0.2) is 22.0 Å². The molecule has 0 bridgehead atoms. The van der Waals surface area contributed by atoms with Crippen molar-refractivity contribution in [1.82, 2.24) is 9.59 Å². The van der Waals surface area contributed by atoms with Crippen LogP contribution in [0.25, 0.3) is 0 Å². The van der Waals surface area contributed by atoms with E-state index in [2.05, 4.69) is 14.9 Å². The third-order valence-corrected chi connectivity index (χ3v) is 2.14. The number of carbonyl (C=O) groups excluding carboxylic acids is 1. The second-order valence-electron chi connectivity index (χ2n) is 2.87. The van der Waals surface area contributed by atoms with Gasteiger partial charge in [0.2, 0.25) is 5.91 Å². The molecule has 0 spiro atoms. The Morgan fingerprint density at radius 1 is 1.85 bits per heavy atom. The van der Waals surface area contributed by atoms with Crippen molar-refractivity contribution in [2.75, 3.05) is 11.9 Å². The first kappa shape index (κ1) is 10.1. The standard InChI is InChI=1S/C7H12N4OS/c1-5(3-8)2-6(12)10-7-4-9-11-13-7/h4-5H,2-3,8H2,1H3,(H,10,12). The number of nitrogens with two attached hydrogens (primary N) is 1. The third-order valence-electron chi connectivity index (χ3n) is 1.56. The molecule has 0 aliphatic carbocycles. The van der Waals surface area contributed by atoms with Crippen LogP contribution in [0.5, 0.6) is 0 Å². The van der Waals surface area contributed by atoms with E-state index in [1.165, 1.54) is 6.20 Å². The lowest BCUT2D eigenvalue weighted by Crippen LogP contribution is -2.19. The maximum absolute atomic E-state index is 11.3. The number of aromatic nitrogens is 2. The Hall–Kier alpha value is -1.01. The number of amides is 1. The van der Waals surface area contributed by atoms with Gasteiger partial charge in [0.1, 0.15) is 5.00 Å². The van der Waals surface area contributed by atoms with Gasteiger partial charge >= 0.3 is 0 Å². The topological polar surface area (TPSA) is 80.9 Å². The highest BCUT2D eigenvalue weighted by Gasteiger charge is 2.08. The lowest BCUT2D eigenvalue weighted by molar-refractivity contribution is -0.116. The fourth-order valence-corrected chi connectivity index (χ4v) is 1.25. The highest BCUT2D eigenvalue weighted by molar-refractivity contribution is 7.10. The van der Waals surface area contributed by atoms with Crippen molar-refractivity contribution >= 4 is 22.4 Å². The molecule has 1 heterocycles. The summed E-state index contributed by atoms with van der Waals surface area (Å²) in [5.41, 5.74) is 5.39. The molecule has 1 amide bonds. The number of hydrogen-bond donors (Lipinski definition) is 2. The van der Waals surface area contributed by atoms with Gasteiger partial charge < -0.3 is 11.1 Å². The summed E-state index contributed by atoms with van der Waals surface area (Å²) in [6.45, 7) is 2.46. The first-order valence-electron chi connectivity index (χ1n) is 3.99.